The largest absolute Gasteiger partial charge is 0.494 e. The van der Waals surface area contributed by atoms with Gasteiger partial charge < -0.3 is 4.74 Å². The fourth-order valence-electron chi connectivity index (χ4n) is 3.83. The van der Waals surface area contributed by atoms with Gasteiger partial charge in [0.05, 0.1) is 12.5 Å². The van der Waals surface area contributed by atoms with E-state index in [-0.39, 0.29) is 17.5 Å². The third-order valence-electron chi connectivity index (χ3n) is 5.40. The number of ketones is 2. The predicted molar refractivity (Wildman–Crippen MR) is 106 cm³/mol. The first-order valence-corrected chi connectivity index (χ1v) is 10.4. The molecule has 0 aliphatic heterocycles. The van der Waals surface area contributed by atoms with Crippen LogP contribution in [-0.2, 0) is 16.0 Å². The van der Waals surface area contributed by atoms with E-state index in [1.54, 1.807) is 0 Å². The number of hydrogen-bond acceptors (Lipinski definition) is 3. The number of ether oxygens (including phenoxy) is 1. The molecule has 2 unspecified atom stereocenters. The van der Waals surface area contributed by atoms with Crippen LogP contribution < -0.4 is 4.74 Å². The predicted octanol–water partition coefficient (Wildman–Crippen LogP) is 5.54. The zero-order chi connectivity index (χ0) is 18.8. The van der Waals surface area contributed by atoms with Crippen molar-refractivity contribution in [2.45, 2.75) is 78.1 Å². The Labute approximate surface area is 158 Å². The van der Waals surface area contributed by atoms with Crippen molar-refractivity contribution in [3.63, 3.8) is 0 Å². The van der Waals surface area contributed by atoms with Gasteiger partial charge in [0.25, 0.3) is 0 Å². The van der Waals surface area contributed by atoms with Gasteiger partial charge in [-0.05, 0) is 42.9 Å². The highest BCUT2D eigenvalue weighted by atomic mass is 16.5. The van der Waals surface area contributed by atoms with Crippen LogP contribution >= 0.6 is 0 Å². The van der Waals surface area contributed by atoms with Crippen LogP contribution in [0.5, 0.6) is 5.75 Å². The van der Waals surface area contributed by atoms with E-state index in [1.807, 2.05) is 24.3 Å². The van der Waals surface area contributed by atoms with Crippen LogP contribution in [0, 0.1) is 11.8 Å². The average Bonchev–Trinajstić information content (AvgIpc) is 2.63. The number of Topliss-reactive ketones (excluding diaryl/α,β-unsaturated/α-hetero) is 2. The third kappa shape index (κ3) is 6.59. The van der Waals surface area contributed by atoms with Gasteiger partial charge in [0.1, 0.15) is 17.3 Å². The molecule has 1 aliphatic rings. The highest BCUT2D eigenvalue weighted by molar-refractivity contribution is 6.03. The number of unbranched alkanes of at least 4 members (excludes halogenated alkanes) is 3. The summed E-state index contributed by atoms with van der Waals surface area (Å²) in [6, 6.07) is 7.77. The van der Waals surface area contributed by atoms with Gasteiger partial charge in [0.2, 0.25) is 0 Å². The van der Waals surface area contributed by atoms with E-state index in [1.165, 1.54) is 19.3 Å². The van der Waals surface area contributed by atoms with Crippen molar-refractivity contribution >= 4 is 11.6 Å². The first kappa shape index (κ1) is 20.7. The molecule has 3 heteroatoms. The molecule has 1 aromatic rings. The highest BCUT2D eigenvalue weighted by Gasteiger charge is 2.32. The Bertz CT molecular complexity index is 561. The van der Waals surface area contributed by atoms with Gasteiger partial charge in [0.15, 0.2) is 0 Å². The minimum atomic E-state index is -0.377. The highest BCUT2D eigenvalue weighted by Crippen LogP contribution is 2.30. The summed E-state index contributed by atoms with van der Waals surface area (Å²) in [5.74, 6) is 1.21. The minimum Gasteiger partial charge on any atom is -0.494 e. The van der Waals surface area contributed by atoms with Crippen molar-refractivity contribution in [3.05, 3.63) is 29.8 Å². The molecule has 1 fully saturated rings. The molecule has 144 valence electrons. The lowest BCUT2D eigenvalue weighted by molar-refractivity contribution is -0.135. The molecule has 0 spiro atoms. The maximum absolute atomic E-state index is 12.5. The summed E-state index contributed by atoms with van der Waals surface area (Å²) < 4.78 is 5.74. The van der Waals surface area contributed by atoms with E-state index >= 15 is 0 Å². The Morgan fingerprint density at radius 1 is 1.04 bits per heavy atom. The van der Waals surface area contributed by atoms with Gasteiger partial charge in [-0.2, -0.15) is 0 Å². The molecule has 26 heavy (non-hydrogen) atoms. The summed E-state index contributed by atoms with van der Waals surface area (Å²) in [6.07, 6.45) is 9.68. The fourth-order valence-corrected chi connectivity index (χ4v) is 3.83. The van der Waals surface area contributed by atoms with Gasteiger partial charge in [-0.1, -0.05) is 58.1 Å². The molecule has 2 rings (SSSR count). The smallest absolute Gasteiger partial charge is 0.147 e. The number of hydrogen-bond donors (Lipinski definition) is 0. The summed E-state index contributed by atoms with van der Waals surface area (Å²) in [4.78, 5) is 24.9. The molecule has 2 atom stereocenters. The molecule has 1 aromatic carbocycles. The van der Waals surface area contributed by atoms with Gasteiger partial charge in [-0.3, -0.25) is 9.59 Å². The van der Waals surface area contributed by atoms with E-state index in [9.17, 15) is 9.59 Å². The van der Waals surface area contributed by atoms with Crippen molar-refractivity contribution < 1.29 is 14.3 Å². The second-order valence-electron chi connectivity index (χ2n) is 7.65. The maximum Gasteiger partial charge on any atom is 0.147 e. The summed E-state index contributed by atoms with van der Waals surface area (Å²) in [5, 5.41) is 0. The van der Waals surface area contributed by atoms with Gasteiger partial charge >= 0.3 is 0 Å². The van der Waals surface area contributed by atoms with Crippen molar-refractivity contribution in [1.29, 1.82) is 0 Å². The van der Waals surface area contributed by atoms with E-state index in [2.05, 4.69) is 13.8 Å². The van der Waals surface area contributed by atoms with E-state index < -0.39 is 0 Å². The Morgan fingerprint density at radius 3 is 2.46 bits per heavy atom. The zero-order valence-corrected chi connectivity index (χ0v) is 16.5. The van der Waals surface area contributed by atoms with E-state index in [0.29, 0.717) is 18.8 Å². The average molecular weight is 359 g/mol. The second kappa shape index (κ2) is 11.2. The quantitative estimate of drug-likeness (QED) is 0.385. The summed E-state index contributed by atoms with van der Waals surface area (Å²) in [7, 11) is 0. The Morgan fingerprint density at radius 2 is 1.81 bits per heavy atom. The van der Waals surface area contributed by atoms with Crippen molar-refractivity contribution in [2.75, 3.05) is 6.61 Å². The molecular weight excluding hydrogens is 324 g/mol. The normalized spacial score (nSPS) is 20.2. The Hall–Kier alpha value is -1.64. The zero-order valence-electron chi connectivity index (χ0n) is 16.5. The lowest BCUT2D eigenvalue weighted by Gasteiger charge is -2.26. The van der Waals surface area contributed by atoms with Crippen LogP contribution in [-0.4, -0.2) is 18.2 Å². The second-order valence-corrected chi connectivity index (χ2v) is 7.65. The number of rotatable bonds is 11. The molecule has 0 amide bonds. The summed E-state index contributed by atoms with van der Waals surface area (Å²) in [6.45, 7) is 5.10. The van der Waals surface area contributed by atoms with Crippen molar-refractivity contribution in [1.82, 2.24) is 0 Å². The van der Waals surface area contributed by atoms with Crippen LogP contribution in [0.2, 0.25) is 0 Å². The van der Waals surface area contributed by atoms with Gasteiger partial charge in [-0.25, -0.2) is 0 Å². The third-order valence-corrected chi connectivity index (χ3v) is 5.40. The van der Waals surface area contributed by atoms with Gasteiger partial charge in [0, 0.05) is 12.8 Å². The lowest BCUT2D eigenvalue weighted by atomic mass is 9.76. The fraction of sp³-hybridized carbons (Fsp3) is 0.652. The van der Waals surface area contributed by atoms with Crippen LogP contribution in [0.1, 0.15) is 77.2 Å². The molecule has 1 aliphatic carbocycles. The Balaban J connectivity index is 1.77. The van der Waals surface area contributed by atoms with E-state index in [0.717, 1.165) is 50.0 Å². The molecule has 0 heterocycles. The summed E-state index contributed by atoms with van der Waals surface area (Å²) in [5.41, 5.74) is 0.969. The maximum atomic E-state index is 12.5. The summed E-state index contributed by atoms with van der Waals surface area (Å²) >= 11 is 0. The van der Waals surface area contributed by atoms with E-state index in [4.69, 9.17) is 4.74 Å². The molecule has 1 saturated carbocycles. The SMILES string of the molecule is CCCCCCOc1ccc(CC(=O)C2CCC(CCC)CC2=O)cc1. The molecule has 0 bridgehead atoms. The molecule has 0 saturated heterocycles. The van der Waals surface area contributed by atoms with Crippen LogP contribution in [0.15, 0.2) is 24.3 Å². The minimum absolute atomic E-state index is 0.0817. The van der Waals surface area contributed by atoms with Crippen LogP contribution in [0.4, 0.5) is 0 Å². The van der Waals surface area contributed by atoms with Crippen LogP contribution in [0.25, 0.3) is 0 Å². The van der Waals surface area contributed by atoms with Crippen LogP contribution in [0.3, 0.4) is 0 Å². The molecule has 0 radical (unpaired) electrons. The first-order valence-electron chi connectivity index (χ1n) is 10.4. The number of carbonyl (C=O) groups excluding carboxylic acids is 2. The molecular formula is C23H34O3. The number of carbonyl (C=O) groups is 2. The number of benzene rings is 1. The molecule has 0 N–H and O–H groups in total. The first-order chi connectivity index (χ1) is 12.6. The van der Waals surface area contributed by atoms with Crippen molar-refractivity contribution in [2.24, 2.45) is 11.8 Å². The Kier molecular flexibility index (Phi) is 8.87. The standard InChI is InChI=1S/C23H34O3/c1-3-5-6-7-15-26-20-12-9-19(10-13-20)17-23(25)21-14-11-18(8-4-2)16-22(21)24/h9-10,12-13,18,21H,3-8,11,14-17H2,1-2H3. The van der Waals surface area contributed by atoms with Gasteiger partial charge in [-0.15, -0.1) is 0 Å². The van der Waals surface area contributed by atoms with Crippen molar-refractivity contribution in [3.8, 4) is 5.75 Å². The molecule has 0 aromatic heterocycles. The topological polar surface area (TPSA) is 43.4 Å². The monoisotopic (exact) mass is 358 g/mol. The lowest BCUT2D eigenvalue weighted by Crippen LogP contribution is -2.31. The molecule has 3 nitrogen and oxygen atoms in total.